The molecule has 1 aromatic carbocycles. The van der Waals surface area contributed by atoms with Crippen LogP contribution in [0, 0.1) is 6.92 Å². The number of pyridine rings is 1. The number of nitrogens with zero attached hydrogens (tertiary/aromatic N) is 2. The van der Waals surface area contributed by atoms with Crippen molar-refractivity contribution in [2.24, 2.45) is 0 Å². The second-order valence-corrected chi connectivity index (χ2v) is 6.87. The Morgan fingerprint density at radius 2 is 2.04 bits per heavy atom. The van der Waals surface area contributed by atoms with Crippen LogP contribution in [0.4, 0.5) is 10.5 Å². The van der Waals surface area contributed by atoms with Crippen molar-refractivity contribution in [3.8, 4) is 11.3 Å². The molecule has 5 nitrogen and oxygen atoms in total. The van der Waals surface area contributed by atoms with E-state index in [1.165, 1.54) is 10.9 Å². The molecule has 0 bridgehead atoms. The quantitative estimate of drug-likeness (QED) is 0.754. The number of hydrogen-bond acceptors (Lipinski definition) is 2. The molecule has 0 unspecified atom stereocenters. The van der Waals surface area contributed by atoms with Crippen LogP contribution in [-0.2, 0) is 0 Å². The highest BCUT2D eigenvalue weighted by molar-refractivity contribution is 5.99. The van der Waals surface area contributed by atoms with E-state index < -0.39 is 0 Å². The van der Waals surface area contributed by atoms with E-state index in [0.717, 1.165) is 28.2 Å². The molecule has 1 aliphatic heterocycles. The zero-order chi connectivity index (χ0) is 17.6. The van der Waals surface area contributed by atoms with Crippen molar-refractivity contribution >= 4 is 22.6 Å². The molecule has 2 N–H and O–H groups in total. The highest BCUT2D eigenvalue weighted by Gasteiger charge is 2.23. The van der Waals surface area contributed by atoms with Crippen LogP contribution in [-0.4, -0.2) is 29.1 Å². The summed E-state index contributed by atoms with van der Waals surface area (Å²) in [4.78, 5) is 21.7. The average Bonchev–Trinajstić information content (AvgIpc) is 3.17. The number of anilines is 1. The molecule has 2 aromatic heterocycles. The molecule has 2 amide bonds. The summed E-state index contributed by atoms with van der Waals surface area (Å²) in [5.41, 5.74) is 6.60. The summed E-state index contributed by atoms with van der Waals surface area (Å²) in [7, 11) is 0. The van der Waals surface area contributed by atoms with Gasteiger partial charge in [-0.15, -0.1) is 0 Å². The van der Waals surface area contributed by atoms with Crippen LogP contribution < -0.4 is 10.2 Å². The van der Waals surface area contributed by atoms with Gasteiger partial charge in [0.15, 0.2) is 0 Å². The number of carbonyl (C=O) groups is 1. The molecule has 1 aliphatic rings. The van der Waals surface area contributed by atoms with Crippen molar-refractivity contribution in [3.05, 3.63) is 47.8 Å². The van der Waals surface area contributed by atoms with Crippen molar-refractivity contribution in [3.63, 3.8) is 0 Å². The van der Waals surface area contributed by atoms with Gasteiger partial charge in [0.2, 0.25) is 0 Å². The predicted octanol–water partition coefficient (Wildman–Crippen LogP) is 4.19. The van der Waals surface area contributed by atoms with Crippen LogP contribution in [0.25, 0.3) is 22.2 Å². The van der Waals surface area contributed by atoms with Gasteiger partial charge in [0.25, 0.3) is 0 Å². The normalized spacial score (nSPS) is 14.6. The summed E-state index contributed by atoms with van der Waals surface area (Å²) in [6.07, 6.45) is 1.85. The summed E-state index contributed by atoms with van der Waals surface area (Å²) in [6, 6.07) is 10.3. The molecule has 5 heteroatoms. The first-order valence-electron chi connectivity index (χ1n) is 8.68. The highest BCUT2D eigenvalue weighted by atomic mass is 16.2. The van der Waals surface area contributed by atoms with E-state index in [1.807, 2.05) is 25.3 Å². The minimum absolute atomic E-state index is 0.0223. The second kappa shape index (κ2) is 5.92. The Morgan fingerprint density at radius 3 is 2.72 bits per heavy atom. The monoisotopic (exact) mass is 334 g/mol. The Kier molecular flexibility index (Phi) is 3.71. The lowest BCUT2D eigenvalue weighted by Crippen LogP contribution is -2.27. The van der Waals surface area contributed by atoms with Crippen molar-refractivity contribution in [2.45, 2.75) is 26.7 Å². The van der Waals surface area contributed by atoms with Crippen LogP contribution in [0.15, 0.2) is 36.5 Å². The molecule has 1 saturated heterocycles. The van der Waals surface area contributed by atoms with Gasteiger partial charge < -0.3 is 10.3 Å². The van der Waals surface area contributed by atoms with Gasteiger partial charge in [-0.1, -0.05) is 13.8 Å². The van der Waals surface area contributed by atoms with Crippen LogP contribution in [0.2, 0.25) is 0 Å². The zero-order valence-corrected chi connectivity index (χ0v) is 14.8. The smallest absolute Gasteiger partial charge is 0.321 e. The molecular formula is C20H22N4O. The van der Waals surface area contributed by atoms with Gasteiger partial charge in [0.05, 0.1) is 5.69 Å². The van der Waals surface area contributed by atoms with E-state index in [4.69, 9.17) is 0 Å². The maximum atomic E-state index is 12.0. The van der Waals surface area contributed by atoms with E-state index in [-0.39, 0.29) is 6.03 Å². The topological polar surface area (TPSA) is 61.0 Å². The minimum Gasteiger partial charge on any atom is -0.354 e. The third kappa shape index (κ3) is 2.65. The number of nitrogens with one attached hydrogen (secondary N) is 2. The van der Waals surface area contributed by atoms with Gasteiger partial charge in [-0.3, -0.25) is 9.88 Å². The van der Waals surface area contributed by atoms with E-state index in [2.05, 4.69) is 47.3 Å². The number of H-pyrrole nitrogens is 1. The van der Waals surface area contributed by atoms with Crippen LogP contribution in [0.5, 0.6) is 0 Å². The van der Waals surface area contributed by atoms with Crippen LogP contribution >= 0.6 is 0 Å². The van der Waals surface area contributed by atoms with E-state index in [0.29, 0.717) is 19.0 Å². The fraction of sp³-hybridized carbons (Fsp3) is 0.300. The largest absolute Gasteiger partial charge is 0.354 e. The van der Waals surface area contributed by atoms with Gasteiger partial charge in [0.1, 0.15) is 0 Å². The fourth-order valence-corrected chi connectivity index (χ4v) is 3.62. The number of hydrogen-bond donors (Lipinski definition) is 2. The van der Waals surface area contributed by atoms with Gasteiger partial charge >= 0.3 is 6.03 Å². The molecule has 0 atom stereocenters. The van der Waals surface area contributed by atoms with Crippen molar-refractivity contribution in [1.29, 1.82) is 0 Å². The SMILES string of the molecule is Cc1cc(-c2[nH]c3ccc(N4CCNC4=O)cc3c2C(C)C)ccn1. The minimum atomic E-state index is -0.0223. The number of urea groups is 1. The Balaban J connectivity index is 1.90. The Labute approximate surface area is 147 Å². The molecule has 3 aromatic rings. The summed E-state index contributed by atoms with van der Waals surface area (Å²) >= 11 is 0. The molecule has 128 valence electrons. The van der Waals surface area contributed by atoms with Gasteiger partial charge in [0, 0.05) is 47.1 Å². The first-order valence-corrected chi connectivity index (χ1v) is 8.68. The third-order valence-corrected chi connectivity index (χ3v) is 4.75. The van der Waals surface area contributed by atoms with Crippen LogP contribution in [0.1, 0.15) is 31.0 Å². The van der Waals surface area contributed by atoms with Crippen molar-refractivity contribution < 1.29 is 4.79 Å². The van der Waals surface area contributed by atoms with Gasteiger partial charge in [-0.2, -0.15) is 0 Å². The first-order chi connectivity index (χ1) is 12.0. The summed E-state index contributed by atoms with van der Waals surface area (Å²) < 4.78 is 0. The maximum absolute atomic E-state index is 12.0. The highest BCUT2D eigenvalue weighted by Crippen LogP contribution is 2.37. The lowest BCUT2D eigenvalue weighted by atomic mass is 9.96. The number of aromatic nitrogens is 2. The number of aryl methyl sites for hydroxylation is 1. The molecule has 3 heterocycles. The Hall–Kier alpha value is -2.82. The van der Waals surface area contributed by atoms with Crippen LogP contribution in [0.3, 0.4) is 0 Å². The number of benzene rings is 1. The van der Waals surface area contributed by atoms with E-state index in [9.17, 15) is 4.79 Å². The van der Waals surface area contributed by atoms with Crippen molar-refractivity contribution in [2.75, 3.05) is 18.0 Å². The molecule has 0 spiro atoms. The number of aromatic amines is 1. The van der Waals surface area contributed by atoms with Gasteiger partial charge in [-0.25, -0.2) is 4.79 Å². The zero-order valence-electron chi connectivity index (χ0n) is 14.8. The standard InChI is InChI=1S/C20H22N4O/c1-12(2)18-16-11-15(24-9-8-22-20(24)25)4-5-17(16)23-19(18)14-6-7-21-13(3)10-14/h4-7,10-12,23H,8-9H2,1-3H3,(H,22,25). The number of amides is 2. The summed E-state index contributed by atoms with van der Waals surface area (Å²) in [5, 5.41) is 4.04. The Bertz CT molecular complexity index is 957. The number of fused-ring (bicyclic) bond motifs is 1. The second-order valence-electron chi connectivity index (χ2n) is 6.87. The fourth-order valence-electron chi connectivity index (χ4n) is 3.62. The van der Waals surface area contributed by atoms with Crippen molar-refractivity contribution in [1.82, 2.24) is 15.3 Å². The summed E-state index contributed by atoms with van der Waals surface area (Å²) in [6.45, 7) is 7.82. The molecule has 25 heavy (non-hydrogen) atoms. The maximum Gasteiger partial charge on any atom is 0.321 e. The lowest BCUT2D eigenvalue weighted by Gasteiger charge is -2.15. The molecule has 4 rings (SSSR count). The summed E-state index contributed by atoms with van der Waals surface area (Å²) in [5.74, 6) is 0.361. The van der Waals surface area contributed by atoms with E-state index >= 15 is 0 Å². The predicted molar refractivity (Wildman–Crippen MR) is 101 cm³/mol. The molecular weight excluding hydrogens is 312 g/mol. The van der Waals surface area contributed by atoms with Gasteiger partial charge in [-0.05, 0) is 48.7 Å². The molecule has 0 radical (unpaired) electrons. The molecule has 0 saturated carbocycles. The average molecular weight is 334 g/mol. The number of carbonyl (C=O) groups excluding carboxylic acids is 1. The molecule has 0 aliphatic carbocycles. The Morgan fingerprint density at radius 1 is 1.20 bits per heavy atom. The number of rotatable bonds is 3. The lowest BCUT2D eigenvalue weighted by molar-refractivity contribution is 0.252. The van der Waals surface area contributed by atoms with E-state index in [1.54, 1.807) is 4.90 Å². The first kappa shape index (κ1) is 15.7. The molecule has 1 fully saturated rings. The third-order valence-electron chi connectivity index (χ3n) is 4.75.